The van der Waals surface area contributed by atoms with Crippen molar-refractivity contribution in [3.63, 3.8) is 0 Å². The van der Waals surface area contributed by atoms with Gasteiger partial charge in [-0.1, -0.05) is 29.3 Å². The molecule has 3 rings (SSSR count). The molecule has 2 aromatic carbocycles. The number of rotatable bonds is 5. The third-order valence-electron chi connectivity index (χ3n) is 3.75. The van der Waals surface area contributed by atoms with Crippen LogP contribution in [0.5, 0.6) is 5.75 Å². The highest BCUT2D eigenvalue weighted by Gasteiger charge is 2.10. The predicted molar refractivity (Wildman–Crippen MR) is 105 cm³/mol. The minimum absolute atomic E-state index is 0.328. The lowest BCUT2D eigenvalue weighted by molar-refractivity contribution is 0.416. The maximum atomic E-state index is 6.14. The number of aryl methyl sites for hydroxylation is 2. The molecule has 26 heavy (non-hydrogen) atoms. The van der Waals surface area contributed by atoms with Gasteiger partial charge in [-0.05, 0) is 43.2 Å². The first kappa shape index (κ1) is 18.2. The summed E-state index contributed by atoms with van der Waals surface area (Å²) in [6, 6.07) is 9.20. The van der Waals surface area contributed by atoms with Crippen molar-refractivity contribution in [2.45, 2.75) is 13.8 Å². The molecule has 0 radical (unpaired) electrons. The van der Waals surface area contributed by atoms with Gasteiger partial charge in [-0.15, -0.1) is 5.10 Å². The lowest BCUT2D eigenvalue weighted by Gasteiger charge is -2.13. The fourth-order valence-electron chi connectivity index (χ4n) is 2.33. The van der Waals surface area contributed by atoms with Crippen molar-refractivity contribution in [2.75, 3.05) is 17.7 Å². The summed E-state index contributed by atoms with van der Waals surface area (Å²) < 4.78 is 5.35. The number of hydrogen-bond acceptors (Lipinski definition) is 6. The summed E-state index contributed by atoms with van der Waals surface area (Å²) in [7, 11) is 1.57. The second-order valence-corrected chi connectivity index (χ2v) is 6.52. The molecule has 2 N–H and O–H groups in total. The Labute approximate surface area is 161 Å². The lowest BCUT2D eigenvalue weighted by Crippen LogP contribution is -2.04. The summed E-state index contributed by atoms with van der Waals surface area (Å²) >= 11 is 12.2. The topological polar surface area (TPSA) is 72.0 Å². The maximum absolute atomic E-state index is 6.14. The lowest BCUT2D eigenvalue weighted by atomic mass is 10.2. The predicted octanol–water partition coefficient (Wildman–Crippen LogP) is 5.29. The van der Waals surface area contributed by atoms with Crippen molar-refractivity contribution in [3.05, 3.63) is 57.7 Å². The fraction of sp³-hybridized carbons (Fsp3) is 0.167. The zero-order valence-electron chi connectivity index (χ0n) is 14.5. The minimum atomic E-state index is 0.328. The van der Waals surface area contributed by atoms with Crippen LogP contribution in [-0.4, -0.2) is 22.3 Å². The minimum Gasteiger partial charge on any atom is -0.495 e. The van der Waals surface area contributed by atoms with Crippen LogP contribution in [0, 0.1) is 13.8 Å². The van der Waals surface area contributed by atoms with Crippen molar-refractivity contribution in [3.8, 4) is 5.75 Å². The van der Waals surface area contributed by atoms with Gasteiger partial charge in [0, 0.05) is 21.8 Å². The molecule has 0 bridgehead atoms. The third-order valence-corrected chi connectivity index (χ3v) is 4.39. The van der Waals surface area contributed by atoms with Gasteiger partial charge < -0.3 is 15.4 Å². The van der Waals surface area contributed by atoms with E-state index in [0.29, 0.717) is 33.2 Å². The van der Waals surface area contributed by atoms with Crippen molar-refractivity contribution in [1.29, 1.82) is 0 Å². The van der Waals surface area contributed by atoms with Crippen LogP contribution in [0.4, 0.5) is 23.1 Å². The van der Waals surface area contributed by atoms with Crippen LogP contribution < -0.4 is 15.4 Å². The first-order valence-corrected chi connectivity index (χ1v) is 8.56. The molecule has 6 nitrogen and oxygen atoms in total. The molecule has 0 aliphatic heterocycles. The SMILES string of the molecule is COc1cc(Cl)c(C)cc1Nc1nncc(Nc2cc(Cl)ccc2C)n1. The van der Waals surface area contributed by atoms with Gasteiger partial charge in [0.25, 0.3) is 0 Å². The summed E-state index contributed by atoms with van der Waals surface area (Å²) in [5, 5.41) is 15.6. The summed E-state index contributed by atoms with van der Waals surface area (Å²) in [4.78, 5) is 4.43. The number of anilines is 4. The highest BCUT2D eigenvalue weighted by Crippen LogP contribution is 2.32. The number of nitrogens with one attached hydrogen (secondary N) is 2. The number of benzene rings is 2. The van der Waals surface area contributed by atoms with E-state index in [-0.39, 0.29) is 0 Å². The smallest absolute Gasteiger partial charge is 0.249 e. The Bertz CT molecular complexity index is 949. The maximum Gasteiger partial charge on any atom is 0.249 e. The van der Waals surface area contributed by atoms with E-state index in [2.05, 4.69) is 25.8 Å². The third kappa shape index (κ3) is 4.15. The van der Waals surface area contributed by atoms with E-state index in [1.54, 1.807) is 13.2 Å². The van der Waals surface area contributed by atoms with Gasteiger partial charge in [0.05, 0.1) is 19.0 Å². The molecule has 3 aromatic rings. The molecule has 0 aliphatic rings. The summed E-state index contributed by atoms with van der Waals surface area (Å²) in [5.74, 6) is 1.46. The quantitative estimate of drug-likeness (QED) is 0.617. The van der Waals surface area contributed by atoms with Crippen LogP contribution in [0.1, 0.15) is 11.1 Å². The van der Waals surface area contributed by atoms with E-state index >= 15 is 0 Å². The number of nitrogens with zero attached hydrogens (tertiary/aromatic N) is 3. The molecule has 0 saturated carbocycles. The van der Waals surface area contributed by atoms with Gasteiger partial charge >= 0.3 is 0 Å². The highest BCUT2D eigenvalue weighted by atomic mass is 35.5. The Hall–Kier alpha value is -2.57. The number of halogens is 2. The molecule has 0 unspecified atom stereocenters. The monoisotopic (exact) mass is 389 g/mol. The fourth-order valence-corrected chi connectivity index (χ4v) is 2.66. The first-order valence-electron chi connectivity index (χ1n) is 7.80. The summed E-state index contributed by atoms with van der Waals surface area (Å²) in [6.45, 7) is 3.89. The van der Waals surface area contributed by atoms with Gasteiger partial charge in [0.2, 0.25) is 5.95 Å². The molecule has 1 heterocycles. The van der Waals surface area contributed by atoms with Crippen molar-refractivity contribution in [2.24, 2.45) is 0 Å². The van der Waals surface area contributed by atoms with Gasteiger partial charge in [0.15, 0.2) is 5.82 Å². The van der Waals surface area contributed by atoms with Crippen LogP contribution in [0.25, 0.3) is 0 Å². The van der Waals surface area contributed by atoms with Crippen molar-refractivity contribution < 1.29 is 4.74 Å². The van der Waals surface area contributed by atoms with Gasteiger partial charge in [-0.3, -0.25) is 0 Å². The molecule has 0 amide bonds. The Morgan fingerprint density at radius 2 is 1.77 bits per heavy atom. The Balaban J connectivity index is 1.86. The normalized spacial score (nSPS) is 10.5. The zero-order valence-corrected chi connectivity index (χ0v) is 16.0. The van der Waals surface area contributed by atoms with Gasteiger partial charge in [-0.2, -0.15) is 10.1 Å². The van der Waals surface area contributed by atoms with E-state index < -0.39 is 0 Å². The number of methoxy groups -OCH3 is 1. The number of ether oxygens (including phenoxy) is 1. The summed E-state index contributed by atoms with van der Waals surface area (Å²) in [6.07, 6.45) is 1.54. The standard InChI is InChI=1S/C18H17Cl2N5O/c1-10-4-5-12(19)7-14(10)22-17-9-21-25-18(24-17)23-15-6-11(2)13(20)8-16(15)26-3/h4-9H,1-3H3,(H2,22,23,24,25). The van der Waals surface area contributed by atoms with E-state index in [1.165, 1.54) is 6.20 Å². The number of aromatic nitrogens is 3. The molecule has 134 valence electrons. The van der Waals surface area contributed by atoms with Gasteiger partial charge in [-0.25, -0.2) is 0 Å². The Morgan fingerprint density at radius 1 is 0.962 bits per heavy atom. The van der Waals surface area contributed by atoms with Gasteiger partial charge in [0.1, 0.15) is 5.75 Å². The van der Waals surface area contributed by atoms with E-state index in [9.17, 15) is 0 Å². The van der Waals surface area contributed by atoms with Crippen LogP contribution in [0.2, 0.25) is 10.0 Å². The van der Waals surface area contributed by atoms with Crippen LogP contribution in [0.15, 0.2) is 36.5 Å². The molecule has 1 aromatic heterocycles. The second kappa shape index (κ2) is 7.76. The first-order chi connectivity index (χ1) is 12.5. The molecule has 8 heteroatoms. The zero-order chi connectivity index (χ0) is 18.7. The van der Waals surface area contributed by atoms with Crippen LogP contribution >= 0.6 is 23.2 Å². The van der Waals surface area contributed by atoms with Crippen LogP contribution in [0.3, 0.4) is 0 Å². The highest BCUT2D eigenvalue weighted by molar-refractivity contribution is 6.31. The molecule has 0 aliphatic carbocycles. The largest absolute Gasteiger partial charge is 0.495 e. The Kier molecular flexibility index (Phi) is 5.44. The number of hydrogen-bond donors (Lipinski definition) is 2. The average molecular weight is 390 g/mol. The molecule has 0 spiro atoms. The molecular formula is C18H17Cl2N5O. The second-order valence-electron chi connectivity index (χ2n) is 5.68. The van der Waals surface area contributed by atoms with E-state index in [4.69, 9.17) is 27.9 Å². The summed E-state index contributed by atoms with van der Waals surface area (Å²) in [5.41, 5.74) is 3.50. The van der Waals surface area contributed by atoms with E-state index in [1.807, 2.05) is 38.1 Å². The average Bonchev–Trinajstić information content (AvgIpc) is 2.61. The molecular weight excluding hydrogens is 373 g/mol. The molecule has 0 fully saturated rings. The van der Waals surface area contributed by atoms with Crippen LogP contribution in [-0.2, 0) is 0 Å². The Morgan fingerprint density at radius 3 is 2.54 bits per heavy atom. The molecule has 0 saturated heterocycles. The van der Waals surface area contributed by atoms with Crippen molar-refractivity contribution >= 4 is 46.3 Å². The van der Waals surface area contributed by atoms with Crippen molar-refractivity contribution in [1.82, 2.24) is 15.2 Å². The van der Waals surface area contributed by atoms with E-state index in [0.717, 1.165) is 16.8 Å². The molecule has 0 atom stereocenters.